The van der Waals surface area contributed by atoms with Gasteiger partial charge in [-0.1, -0.05) is 27.5 Å². The van der Waals surface area contributed by atoms with Crippen molar-refractivity contribution in [2.45, 2.75) is 19.0 Å². The molecule has 0 saturated carbocycles. The lowest BCUT2D eigenvalue weighted by Crippen LogP contribution is -2.07. The topological polar surface area (TPSA) is 17.1 Å². The quantitative estimate of drug-likeness (QED) is 0.577. The van der Waals surface area contributed by atoms with Gasteiger partial charge in [-0.05, 0) is 24.6 Å². The molecule has 94 valence electrons. The normalized spacial score (nSPS) is 11.6. The van der Waals surface area contributed by atoms with Gasteiger partial charge in [0.15, 0.2) is 5.78 Å². The van der Waals surface area contributed by atoms with E-state index in [1.807, 2.05) is 0 Å². The fourth-order valence-electron chi connectivity index (χ4n) is 1.28. The zero-order valence-electron chi connectivity index (χ0n) is 8.65. The molecule has 0 aliphatic carbocycles. The molecule has 1 aromatic carbocycles. The van der Waals surface area contributed by atoms with E-state index in [9.17, 15) is 18.0 Å². The number of hydrogen-bond acceptors (Lipinski definition) is 1. The van der Waals surface area contributed by atoms with Crippen LogP contribution in [0.3, 0.4) is 0 Å². The zero-order chi connectivity index (χ0) is 13.1. The summed E-state index contributed by atoms with van der Waals surface area (Å²) in [7, 11) is 0. The van der Waals surface area contributed by atoms with Gasteiger partial charge in [-0.3, -0.25) is 4.79 Å². The molecule has 17 heavy (non-hydrogen) atoms. The fourth-order valence-corrected chi connectivity index (χ4v) is 1.85. The number of carbonyl (C=O) groups is 1. The first-order chi connectivity index (χ1) is 7.86. The number of benzene rings is 1. The minimum Gasteiger partial charge on any atom is -0.294 e. The number of carbonyl (C=O) groups excluding carboxylic acids is 1. The third-order valence-corrected chi connectivity index (χ3v) is 3.01. The molecule has 0 aliphatic rings. The van der Waals surface area contributed by atoms with Crippen molar-refractivity contribution in [1.29, 1.82) is 0 Å². The predicted octanol–water partition coefficient (Wildman–Crippen LogP) is 4.72. The Morgan fingerprint density at radius 3 is 2.47 bits per heavy atom. The van der Waals surface area contributed by atoms with Crippen LogP contribution in [-0.2, 0) is 6.18 Å². The average Bonchev–Trinajstić information content (AvgIpc) is 2.24. The molecule has 0 unspecified atom stereocenters. The van der Waals surface area contributed by atoms with E-state index in [2.05, 4.69) is 15.9 Å². The molecule has 0 bridgehead atoms. The molecule has 0 atom stereocenters. The minimum absolute atomic E-state index is 0.139. The second-order valence-electron chi connectivity index (χ2n) is 3.41. The van der Waals surface area contributed by atoms with Crippen molar-refractivity contribution >= 4 is 33.3 Å². The van der Waals surface area contributed by atoms with Crippen LogP contribution in [0.15, 0.2) is 18.2 Å². The summed E-state index contributed by atoms with van der Waals surface area (Å²) in [6.45, 7) is 0. The maximum atomic E-state index is 12.4. The van der Waals surface area contributed by atoms with Crippen molar-refractivity contribution in [1.82, 2.24) is 0 Å². The number of hydrogen-bond donors (Lipinski definition) is 0. The molecule has 0 amide bonds. The lowest BCUT2D eigenvalue weighted by molar-refractivity contribution is -0.137. The van der Waals surface area contributed by atoms with Crippen molar-refractivity contribution in [2.24, 2.45) is 0 Å². The molecule has 0 fully saturated rings. The Morgan fingerprint density at radius 1 is 1.35 bits per heavy atom. The highest BCUT2D eigenvalue weighted by Crippen LogP contribution is 2.32. The van der Waals surface area contributed by atoms with Crippen LogP contribution in [-0.4, -0.2) is 11.1 Å². The molecule has 6 heteroatoms. The van der Waals surface area contributed by atoms with Gasteiger partial charge in [0, 0.05) is 17.3 Å². The first-order valence-corrected chi connectivity index (χ1v) is 6.32. The van der Waals surface area contributed by atoms with E-state index < -0.39 is 11.7 Å². The highest BCUT2D eigenvalue weighted by molar-refractivity contribution is 9.09. The molecule has 0 radical (unpaired) electrons. The van der Waals surface area contributed by atoms with Gasteiger partial charge in [-0.2, -0.15) is 13.2 Å². The third-order valence-electron chi connectivity index (χ3n) is 2.13. The summed E-state index contributed by atoms with van der Waals surface area (Å²) in [6, 6.07) is 2.78. The molecular formula is C11H9BrClF3O. The first-order valence-electron chi connectivity index (χ1n) is 4.82. The molecule has 0 spiro atoms. The van der Waals surface area contributed by atoms with Gasteiger partial charge in [0.2, 0.25) is 0 Å². The number of rotatable bonds is 4. The van der Waals surface area contributed by atoms with E-state index >= 15 is 0 Å². The fraction of sp³-hybridized carbons (Fsp3) is 0.364. The van der Waals surface area contributed by atoms with E-state index in [0.717, 1.165) is 18.2 Å². The number of halogens is 5. The van der Waals surface area contributed by atoms with Crippen molar-refractivity contribution in [3.63, 3.8) is 0 Å². The Hall–Kier alpha value is -0.550. The lowest BCUT2D eigenvalue weighted by atomic mass is 10.0. The highest BCUT2D eigenvalue weighted by Gasteiger charge is 2.31. The predicted molar refractivity (Wildman–Crippen MR) is 63.8 cm³/mol. The van der Waals surface area contributed by atoms with Crippen molar-refractivity contribution in [3.05, 3.63) is 34.3 Å². The Kier molecular flexibility index (Phi) is 5.01. The van der Waals surface area contributed by atoms with Crippen molar-refractivity contribution < 1.29 is 18.0 Å². The average molecular weight is 330 g/mol. The first kappa shape index (κ1) is 14.5. The largest absolute Gasteiger partial charge is 0.416 e. The summed E-state index contributed by atoms with van der Waals surface area (Å²) < 4.78 is 37.1. The second kappa shape index (κ2) is 5.87. The van der Waals surface area contributed by atoms with Crippen LogP contribution in [0.25, 0.3) is 0 Å². The zero-order valence-corrected chi connectivity index (χ0v) is 11.0. The molecule has 0 N–H and O–H groups in total. The molecule has 1 nitrogen and oxygen atoms in total. The molecular weight excluding hydrogens is 320 g/mol. The van der Waals surface area contributed by atoms with Crippen LogP contribution in [0.4, 0.5) is 13.2 Å². The molecule has 0 heterocycles. The Balaban J connectivity index is 2.94. The van der Waals surface area contributed by atoms with Crippen LogP contribution in [0.1, 0.15) is 28.8 Å². The van der Waals surface area contributed by atoms with Crippen molar-refractivity contribution in [3.8, 4) is 0 Å². The van der Waals surface area contributed by atoms with Crippen molar-refractivity contribution in [2.75, 3.05) is 5.33 Å². The van der Waals surface area contributed by atoms with Gasteiger partial charge in [0.1, 0.15) is 0 Å². The van der Waals surface area contributed by atoms with Crippen LogP contribution in [0, 0.1) is 0 Å². The molecule has 1 aromatic rings. The Bertz CT molecular complexity index is 418. The lowest BCUT2D eigenvalue weighted by Gasteiger charge is -2.09. The van der Waals surface area contributed by atoms with Gasteiger partial charge in [0.25, 0.3) is 0 Å². The SMILES string of the molecule is O=C(CCCBr)c1ccc(C(F)(F)F)cc1Cl. The summed E-state index contributed by atoms with van der Waals surface area (Å²) in [6.07, 6.45) is -3.56. The standard InChI is InChI=1S/C11H9BrClF3O/c12-5-1-2-10(17)8-4-3-7(6-9(8)13)11(14,15)16/h3-4,6H,1-2,5H2. The van der Waals surface area contributed by atoms with Gasteiger partial charge >= 0.3 is 6.18 Å². The number of Topliss-reactive ketones (excluding diaryl/α,β-unsaturated/α-hetero) is 1. The minimum atomic E-state index is -4.44. The Labute approximate surface area is 110 Å². The molecule has 0 saturated heterocycles. The maximum absolute atomic E-state index is 12.4. The molecule has 0 aliphatic heterocycles. The van der Waals surface area contributed by atoms with Gasteiger partial charge in [-0.25, -0.2) is 0 Å². The summed E-state index contributed by atoms with van der Waals surface area (Å²) in [5, 5.41) is 0.510. The van der Waals surface area contributed by atoms with E-state index in [1.165, 1.54) is 0 Å². The van der Waals surface area contributed by atoms with Gasteiger partial charge < -0.3 is 0 Å². The van der Waals surface area contributed by atoms with Crippen LogP contribution < -0.4 is 0 Å². The summed E-state index contributed by atoms with van der Waals surface area (Å²) in [4.78, 5) is 11.6. The van der Waals surface area contributed by atoms with Gasteiger partial charge in [-0.15, -0.1) is 0 Å². The smallest absolute Gasteiger partial charge is 0.294 e. The monoisotopic (exact) mass is 328 g/mol. The van der Waals surface area contributed by atoms with E-state index in [0.29, 0.717) is 11.8 Å². The van der Waals surface area contributed by atoms with Crippen LogP contribution in [0.2, 0.25) is 5.02 Å². The Morgan fingerprint density at radius 2 is 2.00 bits per heavy atom. The van der Waals surface area contributed by atoms with E-state index in [-0.39, 0.29) is 22.8 Å². The maximum Gasteiger partial charge on any atom is 0.416 e. The summed E-state index contributed by atoms with van der Waals surface area (Å²) in [5.41, 5.74) is -0.708. The molecule has 1 rings (SSSR count). The van der Waals surface area contributed by atoms with Gasteiger partial charge in [0.05, 0.1) is 10.6 Å². The van der Waals surface area contributed by atoms with Crippen LogP contribution in [0.5, 0.6) is 0 Å². The highest BCUT2D eigenvalue weighted by atomic mass is 79.9. The summed E-state index contributed by atoms with van der Waals surface area (Å²) >= 11 is 8.85. The van der Waals surface area contributed by atoms with Crippen LogP contribution >= 0.6 is 27.5 Å². The summed E-state index contributed by atoms with van der Waals surface area (Å²) in [5.74, 6) is -0.247. The van der Waals surface area contributed by atoms with E-state index in [4.69, 9.17) is 11.6 Å². The number of alkyl halides is 4. The van der Waals surface area contributed by atoms with E-state index in [1.54, 1.807) is 0 Å². The second-order valence-corrected chi connectivity index (χ2v) is 4.61. The molecule has 0 aromatic heterocycles. The number of ketones is 1. The third kappa shape index (κ3) is 4.00.